The van der Waals surface area contributed by atoms with Gasteiger partial charge >= 0.3 is 0 Å². The lowest BCUT2D eigenvalue weighted by atomic mass is 9.93. The summed E-state index contributed by atoms with van der Waals surface area (Å²) in [4.78, 5) is 13.6. The zero-order valence-electron chi connectivity index (χ0n) is 9.97. The molecule has 1 aromatic heterocycles. The average molecular weight is 222 g/mol. The maximum Gasteiger partial charge on any atom is 0.255 e. The van der Waals surface area contributed by atoms with E-state index in [0.29, 0.717) is 18.7 Å². The number of carbonyl (C=O) groups is 1. The second-order valence-electron chi connectivity index (χ2n) is 4.66. The van der Waals surface area contributed by atoms with Crippen LogP contribution in [-0.4, -0.2) is 41.1 Å². The Balaban J connectivity index is 2.69. The lowest BCUT2D eigenvalue weighted by Crippen LogP contribution is -2.39. The van der Waals surface area contributed by atoms with Crippen molar-refractivity contribution >= 4 is 5.91 Å². The molecule has 0 fully saturated rings. The number of hydrogen-bond donors (Lipinski definition) is 1. The molecule has 5 nitrogen and oxygen atoms in total. The van der Waals surface area contributed by atoms with Crippen molar-refractivity contribution in [1.82, 2.24) is 15.1 Å². The van der Waals surface area contributed by atoms with Crippen LogP contribution >= 0.6 is 0 Å². The Labute approximate surface area is 95.7 Å². The van der Waals surface area contributed by atoms with Crippen molar-refractivity contribution < 1.29 is 4.79 Å². The zero-order chi connectivity index (χ0) is 12.2. The first kappa shape index (κ1) is 12.6. The Bertz CT molecular complexity index is 350. The van der Waals surface area contributed by atoms with Gasteiger partial charge in [-0.15, -0.1) is 0 Å². The number of amides is 1. The molecule has 16 heavy (non-hydrogen) atoms. The molecule has 1 rings (SSSR count). The van der Waals surface area contributed by atoms with Gasteiger partial charge in [-0.3, -0.25) is 4.79 Å². The van der Waals surface area contributed by atoms with Crippen molar-refractivity contribution in [3.63, 3.8) is 0 Å². The molecule has 0 atom stereocenters. The molecule has 0 saturated heterocycles. The SMILES string of the molecule is CN(CC(C)(C)CN)C(=O)c1ccnnc1. The number of hydrogen-bond acceptors (Lipinski definition) is 4. The monoisotopic (exact) mass is 222 g/mol. The lowest BCUT2D eigenvalue weighted by Gasteiger charge is -2.28. The molecule has 5 heteroatoms. The van der Waals surface area contributed by atoms with Crippen molar-refractivity contribution in [3.05, 3.63) is 24.0 Å². The topological polar surface area (TPSA) is 72.1 Å². The molecular weight excluding hydrogens is 204 g/mol. The molecule has 0 aliphatic heterocycles. The van der Waals surface area contributed by atoms with Crippen molar-refractivity contribution in [1.29, 1.82) is 0 Å². The van der Waals surface area contributed by atoms with Gasteiger partial charge in [0, 0.05) is 13.6 Å². The van der Waals surface area contributed by atoms with Crippen LogP contribution in [0.5, 0.6) is 0 Å². The highest BCUT2D eigenvalue weighted by molar-refractivity contribution is 5.93. The Hall–Kier alpha value is -1.49. The van der Waals surface area contributed by atoms with Gasteiger partial charge < -0.3 is 10.6 Å². The van der Waals surface area contributed by atoms with E-state index in [2.05, 4.69) is 10.2 Å². The molecule has 0 spiro atoms. The molecule has 0 saturated carbocycles. The molecule has 0 aromatic carbocycles. The van der Waals surface area contributed by atoms with Gasteiger partial charge in [0.25, 0.3) is 5.91 Å². The van der Waals surface area contributed by atoms with Crippen LogP contribution in [0.3, 0.4) is 0 Å². The van der Waals surface area contributed by atoms with E-state index in [-0.39, 0.29) is 11.3 Å². The molecule has 0 aliphatic rings. The minimum absolute atomic E-state index is 0.0589. The van der Waals surface area contributed by atoms with Crippen LogP contribution < -0.4 is 5.73 Å². The first-order chi connectivity index (χ1) is 7.46. The van der Waals surface area contributed by atoms with E-state index in [1.807, 2.05) is 13.8 Å². The highest BCUT2D eigenvalue weighted by atomic mass is 16.2. The predicted molar refractivity (Wildman–Crippen MR) is 61.8 cm³/mol. The fourth-order valence-electron chi connectivity index (χ4n) is 1.42. The second kappa shape index (κ2) is 5.03. The number of aromatic nitrogens is 2. The summed E-state index contributed by atoms with van der Waals surface area (Å²) in [7, 11) is 1.76. The molecule has 0 unspecified atom stereocenters. The molecule has 1 aromatic rings. The van der Waals surface area contributed by atoms with Crippen LogP contribution in [0, 0.1) is 5.41 Å². The van der Waals surface area contributed by atoms with Crippen LogP contribution in [-0.2, 0) is 0 Å². The van der Waals surface area contributed by atoms with E-state index in [1.165, 1.54) is 12.4 Å². The van der Waals surface area contributed by atoms with Gasteiger partial charge in [0.05, 0.1) is 18.0 Å². The van der Waals surface area contributed by atoms with Crippen LogP contribution in [0.25, 0.3) is 0 Å². The summed E-state index contributed by atoms with van der Waals surface area (Å²) < 4.78 is 0. The van der Waals surface area contributed by atoms with E-state index < -0.39 is 0 Å². The molecule has 1 heterocycles. The smallest absolute Gasteiger partial charge is 0.255 e. The fourth-order valence-corrected chi connectivity index (χ4v) is 1.42. The summed E-state index contributed by atoms with van der Waals surface area (Å²) in [5, 5.41) is 7.32. The predicted octanol–water partition coefficient (Wildman–Crippen LogP) is 0.533. The van der Waals surface area contributed by atoms with Gasteiger partial charge in [-0.05, 0) is 18.0 Å². The van der Waals surface area contributed by atoms with E-state index in [9.17, 15) is 4.79 Å². The molecule has 2 N–H and O–H groups in total. The van der Waals surface area contributed by atoms with Gasteiger partial charge in [-0.2, -0.15) is 10.2 Å². The van der Waals surface area contributed by atoms with Gasteiger partial charge in [0.2, 0.25) is 0 Å². The van der Waals surface area contributed by atoms with Gasteiger partial charge in [-0.1, -0.05) is 13.8 Å². The van der Waals surface area contributed by atoms with Crippen molar-refractivity contribution in [3.8, 4) is 0 Å². The quantitative estimate of drug-likeness (QED) is 0.806. The summed E-state index contributed by atoms with van der Waals surface area (Å²) in [6.45, 7) is 5.22. The average Bonchev–Trinajstić information content (AvgIpc) is 2.28. The summed E-state index contributed by atoms with van der Waals surface area (Å²) in [5.74, 6) is -0.0589. The largest absolute Gasteiger partial charge is 0.341 e. The maximum atomic E-state index is 12.0. The summed E-state index contributed by atoms with van der Waals surface area (Å²) >= 11 is 0. The van der Waals surface area contributed by atoms with E-state index in [4.69, 9.17) is 5.73 Å². The third kappa shape index (κ3) is 3.27. The van der Waals surface area contributed by atoms with Crippen LogP contribution in [0.4, 0.5) is 0 Å². The van der Waals surface area contributed by atoms with Gasteiger partial charge in [-0.25, -0.2) is 0 Å². The summed E-state index contributed by atoms with van der Waals surface area (Å²) in [6, 6.07) is 1.65. The normalized spacial score (nSPS) is 11.2. The highest BCUT2D eigenvalue weighted by Gasteiger charge is 2.21. The molecule has 0 bridgehead atoms. The standard InChI is InChI=1S/C11H18N4O/c1-11(2,7-12)8-15(3)10(16)9-4-5-13-14-6-9/h4-6H,7-8,12H2,1-3H3. The number of nitrogens with two attached hydrogens (primary N) is 1. The Morgan fingerprint density at radius 1 is 1.50 bits per heavy atom. The van der Waals surface area contributed by atoms with Gasteiger partial charge in [0.15, 0.2) is 0 Å². The first-order valence-electron chi connectivity index (χ1n) is 5.18. The summed E-state index contributed by atoms with van der Waals surface area (Å²) in [6.07, 6.45) is 2.98. The fraction of sp³-hybridized carbons (Fsp3) is 0.545. The highest BCUT2D eigenvalue weighted by Crippen LogP contribution is 2.15. The molecule has 1 amide bonds. The third-order valence-corrected chi connectivity index (χ3v) is 2.40. The van der Waals surface area contributed by atoms with E-state index in [1.54, 1.807) is 18.0 Å². The molecular formula is C11H18N4O. The molecule has 88 valence electrons. The lowest BCUT2D eigenvalue weighted by molar-refractivity contribution is 0.0740. The van der Waals surface area contributed by atoms with Crippen LogP contribution in [0.2, 0.25) is 0 Å². The van der Waals surface area contributed by atoms with E-state index in [0.717, 1.165) is 0 Å². The van der Waals surface area contributed by atoms with E-state index >= 15 is 0 Å². The summed E-state index contributed by atoms with van der Waals surface area (Å²) in [5.41, 5.74) is 6.10. The number of nitrogens with zero attached hydrogens (tertiary/aromatic N) is 3. The Morgan fingerprint density at radius 2 is 2.19 bits per heavy atom. The zero-order valence-corrected chi connectivity index (χ0v) is 9.97. The Kier molecular flexibility index (Phi) is 3.95. The third-order valence-electron chi connectivity index (χ3n) is 2.40. The van der Waals surface area contributed by atoms with Crippen molar-refractivity contribution in [2.75, 3.05) is 20.1 Å². The maximum absolute atomic E-state index is 12.0. The molecule has 0 radical (unpaired) electrons. The minimum Gasteiger partial charge on any atom is -0.341 e. The van der Waals surface area contributed by atoms with Crippen LogP contribution in [0.1, 0.15) is 24.2 Å². The first-order valence-corrected chi connectivity index (χ1v) is 5.18. The van der Waals surface area contributed by atoms with Crippen LogP contribution in [0.15, 0.2) is 18.5 Å². The molecule has 0 aliphatic carbocycles. The number of rotatable bonds is 4. The van der Waals surface area contributed by atoms with Crippen molar-refractivity contribution in [2.45, 2.75) is 13.8 Å². The van der Waals surface area contributed by atoms with Gasteiger partial charge in [0.1, 0.15) is 0 Å². The Morgan fingerprint density at radius 3 is 2.69 bits per heavy atom. The minimum atomic E-state index is -0.0785. The number of carbonyl (C=O) groups excluding carboxylic acids is 1. The second-order valence-corrected chi connectivity index (χ2v) is 4.66. The van der Waals surface area contributed by atoms with Crippen molar-refractivity contribution in [2.24, 2.45) is 11.1 Å².